The second kappa shape index (κ2) is 36.8. The summed E-state index contributed by atoms with van der Waals surface area (Å²) in [5.41, 5.74) is -1.22. The van der Waals surface area contributed by atoms with Gasteiger partial charge in [0, 0.05) is 113 Å². The number of aromatic amines is 5. The van der Waals surface area contributed by atoms with Crippen LogP contribution in [0.2, 0.25) is 0 Å². The quantitative estimate of drug-likeness (QED) is 0.0449. The van der Waals surface area contributed by atoms with Crippen LogP contribution in [0.15, 0.2) is 121 Å². The summed E-state index contributed by atoms with van der Waals surface area (Å²) >= 11 is 0. The van der Waals surface area contributed by atoms with Gasteiger partial charge in [-0.15, -0.1) is 0 Å². The van der Waals surface area contributed by atoms with Gasteiger partial charge in [-0.1, -0.05) is 30.3 Å². The number of anilines is 5. The van der Waals surface area contributed by atoms with Crippen molar-refractivity contribution in [3.05, 3.63) is 211 Å². The Kier molecular flexibility index (Phi) is 26.5. The predicted octanol–water partition coefficient (Wildman–Crippen LogP) is 12.9. The number of hydrogen-bond acceptors (Lipinski definition) is 17. The van der Waals surface area contributed by atoms with Gasteiger partial charge < -0.3 is 26.6 Å². The summed E-state index contributed by atoms with van der Waals surface area (Å²) in [4.78, 5) is 146. The van der Waals surface area contributed by atoms with Crippen molar-refractivity contribution in [1.29, 1.82) is 0 Å². The lowest BCUT2D eigenvalue weighted by Crippen LogP contribution is -2.44. The number of halogens is 11. The van der Waals surface area contributed by atoms with E-state index < -0.39 is 69.6 Å². The average Bonchev–Trinajstić information content (AvgIpc) is 0.784. The Morgan fingerprint density at radius 1 is 0.347 bits per heavy atom. The minimum absolute atomic E-state index is 0.000602. The topological polar surface area (TPSA) is 360 Å². The molecule has 5 aliphatic heterocycles. The number of rotatable bonds is 10. The smallest absolute Gasteiger partial charge is 0.335 e. The number of hydrogen-bond donors (Lipinski definition) is 10. The molecule has 0 bridgehead atoms. The number of H-pyrrole nitrogens is 5. The first-order valence-electron chi connectivity index (χ1n) is 43.1. The Morgan fingerprint density at radius 2 is 0.645 bits per heavy atom. The molecule has 7 aromatic heterocycles. The molecule has 124 heavy (non-hydrogen) atoms. The zero-order valence-electron chi connectivity index (χ0n) is 69.1. The maximum Gasteiger partial charge on any atom is 0.335 e. The molecule has 8 aromatic rings. The number of benzene rings is 1. The van der Waals surface area contributed by atoms with E-state index in [0.29, 0.717) is 185 Å². The van der Waals surface area contributed by atoms with Gasteiger partial charge in [-0.25, -0.2) is 91.5 Å². The summed E-state index contributed by atoms with van der Waals surface area (Å²) in [6.07, 6.45) is 11.3. The number of nitrogens with one attached hydrogen (secondary N) is 10. The lowest BCUT2D eigenvalue weighted by molar-refractivity contribution is -0.0483. The fourth-order valence-electron chi connectivity index (χ4n) is 19.6. The van der Waals surface area contributed by atoms with Gasteiger partial charge in [0.05, 0.1) is 33.5 Å². The van der Waals surface area contributed by atoms with Crippen LogP contribution in [0.4, 0.5) is 77.4 Å². The van der Waals surface area contributed by atoms with Gasteiger partial charge in [0.25, 0.3) is 27.8 Å². The third kappa shape index (κ3) is 20.2. The molecule has 0 amide bonds. The summed E-state index contributed by atoms with van der Waals surface area (Å²) in [6, 6.07) is 17.5. The highest BCUT2D eigenvalue weighted by molar-refractivity contribution is 5.51. The van der Waals surface area contributed by atoms with Crippen LogP contribution in [0.5, 0.6) is 0 Å². The predicted molar refractivity (Wildman–Crippen MR) is 445 cm³/mol. The number of nitrogens with zero attached hydrogens (tertiary/aromatic N) is 7. The van der Waals surface area contributed by atoms with Crippen molar-refractivity contribution < 1.29 is 48.3 Å². The highest BCUT2D eigenvalue weighted by Crippen LogP contribution is 2.45. The second-order valence-electron chi connectivity index (χ2n) is 34.9. The van der Waals surface area contributed by atoms with Gasteiger partial charge in [-0.2, -0.15) is 4.39 Å². The summed E-state index contributed by atoms with van der Waals surface area (Å²) < 4.78 is 152. The molecular formula is C86H104F11N17O10. The van der Waals surface area contributed by atoms with E-state index in [4.69, 9.17) is 0 Å². The number of para-hydroxylation sites is 1. The maximum absolute atomic E-state index is 13.4. The monoisotopic (exact) mass is 1740 g/mol. The first kappa shape index (κ1) is 89.4. The molecule has 27 nitrogen and oxygen atoms in total. The molecule has 10 N–H and O–H groups in total. The first-order valence-corrected chi connectivity index (χ1v) is 43.1. The van der Waals surface area contributed by atoms with Gasteiger partial charge in [0.15, 0.2) is 0 Å². The van der Waals surface area contributed by atoms with Gasteiger partial charge in [-0.3, -0.25) is 58.0 Å². The van der Waals surface area contributed by atoms with Crippen LogP contribution in [-0.2, 0) is 38.6 Å². The van der Waals surface area contributed by atoms with Crippen LogP contribution in [0.3, 0.4) is 0 Å². The molecule has 1 aromatic carbocycles. The van der Waals surface area contributed by atoms with E-state index in [1.807, 2.05) is 6.07 Å². The Bertz CT molecular complexity index is 5640. The fraction of sp³-hybridized carbons (Fsp3) is 0.581. The zero-order valence-corrected chi connectivity index (χ0v) is 69.1. The highest BCUT2D eigenvalue weighted by Gasteiger charge is 2.45. The van der Waals surface area contributed by atoms with E-state index in [1.54, 1.807) is 63.2 Å². The van der Waals surface area contributed by atoms with Crippen molar-refractivity contribution in [2.75, 3.05) is 26.6 Å². The first-order chi connectivity index (χ1) is 58.9. The van der Waals surface area contributed by atoms with Crippen LogP contribution < -0.4 is 82.8 Å². The van der Waals surface area contributed by atoms with E-state index in [1.165, 1.54) is 27.5 Å². The van der Waals surface area contributed by atoms with Crippen LogP contribution >= 0.6 is 0 Å². The van der Waals surface area contributed by atoms with Gasteiger partial charge in [0.1, 0.15) is 40.7 Å². The summed E-state index contributed by atoms with van der Waals surface area (Å²) in [7, 11) is 0. The minimum atomic E-state index is -2.59. The standard InChI is InChI=1S/C19H21F2N3O2.C18H19F3N4O2.C18H20F2N4O2.C16H23F2N3O2.C15H21F2N3O2/c20-19(21)10-8-12(9-11-19)15-7-6-14-16(22-15)23-18(26)24(17(14)25)13-4-2-1-3-5-13;19-13-2-1-3-14(23-13)25-16(26)11-4-5-12(22-15(11)24-17(25)27)10-6-8-18(20,21)9-7-10;19-18(20)8-6-11(7-9-18)13-5-4-12-15(22-13)23-17(26)24(16(12)25)14-3-1-2-10-21-14;1-9(2)21-14(22)11-3-4-12(19-13(11)20-15(21)23)10-5-7-16(17,18)8-6-10;1-2-20-13(21)10-3-4-11(18-12(10)19-14(20)22)9-5-7-15(16,17)8-6-9/h1-5,12,15,22H,6-11H2,(H,23,26);1-3,10,12,22H,4-9H2,(H,24,27);1-3,10-11,13,22H,4-9H2,(H,23,26);9-10,12,19H,3-8H2,1-2H3,(H,20,23);9,11,18H,2-8H2,1H3,(H,19,22)/t15-;12-;13-;12-;11-/m11111/s1. The third-order valence-electron chi connectivity index (χ3n) is 26.6. The molecule has 670 valence electrons. The van der Waals surface area contributed by atoms with Crippen molar-refractivity contribution in [2.45, 2.75) is 286 Å². The van der Waals surface area contributed by atoms with Crippen molar-refractivity contribution in [1.82, 2.24) is 57.7 Å². The largest absolute Gasteiger partial charge is 0.368 e. The van der Waals surface area contributed by atoms with Crippen molar-refractivity contribution in [2.24, 2.45) is 29.6 Å². The number of alkyl halides is 10. The second-order valence-corrected chi connectivity index (χ2v) is 34.9. The van der Waals surface area contributed by atoms with Crippen LogP contribution in [-0.4, -0.2) is 118 Å². The van der Waals surface area contributed by atoms with Crippen molar-refractivity contribution in [3.8, 4) is 17.3 Å². The van der Waals surface area contributed by atoms with E-state index in [0.717, 1.165) is 32.6 Å². The summed E-state index contributed by atoms with van der Waals surface area (Å²) in [6.45, 7) is 5.68. The minimum Gasteiger partial charge on any atom is -0.368 e. The Labute approximate surface area is 702 Å². The van der Waals surface area contributed by atoms with Gasteiger partial charge in [-0.05, 0) is 215 Å². The molecule has 0 unspecified atom stereocenters. The van der Waals surface area contributed by atoms with Crippen LogP contribution in [0, 0.1) is 35.5 Å². The Morgan fingerprint density at radius 3 is 0.976 bits per heavy atom. The van der Waals surface area contributed by atoms with Gasteiger partial charge >= 0.3 is 28.4 Å². The Balaban J connectivity index is 0.000000126. The van der Waals surface area contributed by atoms with Gasteiger partial charge in [0.2, 0.25) is 35.6 Å². The molecule has 5 fully saturated rings. The molecule has 0 saturated heterocycles. The SMILES string of the molecule is CC(C)n1c(=O)[nH]c2c(c1=O)CC[C@H](C1CCC(F)(F)CC1)N2.CCn1c(=O)[nH]c2c(c1=O)CC[C@H](C1CCC(F)(F)CC1)N2.O=c1[nH]c2c(c(=O)n1-c1cccc(F)n1)CC[C@H](C1CCC(F)(F)CC1)N2.O=c1[nH]c2c(c(=O)n1-c1ccccc1)CC[C@H](C1CCC(F)(F)CC1)N2.O=c1[nH]c2c(c(=O)n1-c1ccccn1)CC[C@H](C1CCC(F)(F)CC1)N2. The summed E-state index contributed by atoms with van der Waals surface area (Å²) in [5.74, 6) is -10.6. The normalized spacial score (nSPS) is 23.1. The van der Waals surface area contributed by atoms with Crippen LogP contribution in [0.1, 0.15) is 215 Å². The third-order valence-corrected chi connectivity index (χ3v) is 26.6. The highest BCUT2D eigenvalue weighted by atomic mass is 19.3. The molecule has 5 aliphatic carbocycles. The lowest BCUT2D eigenvalue weighted by Gasteiger charge is -2.37. The molecule has 0 radical (unpaired) electrons. The summed E-state index contributed by atoms with van der Waals surface area (Å²) in [5, 5.41) is 16.1. The van der Waals surface area contributed by atoms with E-state index in [9.17, 15) is 96.2 Å². The molecule has 12 heterocycles. The lowest BCUT2D eigenvalue weighted by atomic mass is 9.79. The van der Waals surface area contributed by atoms with E-state index in [-0.39, 0.29) is 164 Å². The Hall–Kier alpha value is -10.9. The molecule has 10 aliphatic rings. The van der Waals surface area contributed by atoms with Crippen LogP contribution in [0.25, 0.3) is 17.3 Å². The fourth-order valence-corrected chi connectivity index (χ4v) is 19.6. The van der Waals surface area contributed by atoms with E-state index in [2.05, 4.69) is 61.5 Å². The maximum atomic E-state index is 13.4. The molecule has 38 heteroatoms. The number of fused-ring (bicyclic) bond motifs is 5. The molecular weight excluding hydrogens is 1640 g/mol. The van der Waals surface area contributed by atoms with E-state index >= 15 is 0 Å². The number of aromatic nitrogens is 12. The van der Waals surface area contributed by atoms with Crippen molar-refractivity contribution >= 4 is 29.1 Å². The number of pyridine rings is 2. The van der Waals surface area contributed by atoms with Crippen molar-refractivity contribution in [3.63, 3.8) is 0 Å². The molecule has 0 spiro atoms. The zero-order chi connectivity index (χ0) is 88.5. The molecule has 5 saturated carbocycles. The molecule has 5 atom stereocenters. The average molecular weight is 1740 g/mol. The molecule has 18 rings (SSSR count).